The third-order valence-electron chi connectivity index (χ3n) is 5.30. The van der Waals surface area contributed by atoms with Gasteiger partial charge < -0.3 is 10.4 Å². The number of aromatic hydroxyl groups is 1. The van der Waals surface area contributed by atoms with Crippen molar-refractivity contribution in [3.05, 3.63) is 27.7 Å². The zero-order valence-electron chi connectivity index (χ0n) is 13.3. The van der Waals surface area contributed by atoms with Crippen LogP contribution in [0.3, 0.4) is 0 Å². The second-order valence-corrected chi connectivity index (χ2v) is 10.4. The van der Waals surface area contributed by atoms with Gasteiger partial charge in [0.1, 0.15) is 5.75 Å². The Bertz CT molecular complexity index is 840. The molecule has 1 amide bonds. The molecule has 3 aliphatic rings. The first-order valence-electron chi connectivity index (χ1n) is 8.18. The highest BCUT2D eigenvalue weighted by molar-refractivity contribution is 7.90. The Morgan fingerprint density at radius 3 is 2.48 bits per heavy atom. The Morgan fingerprint density at radius 1 is 1.24 bits per heavy atom. The molecule has 0 bridgehead atoms. The van der Waals surface area contributed by atoms with Gasteiger partial charge in [0.25, 0.3) is 5.91 Å². The fourth-order valence-electron chi connectivity index (χ4n) is 3.81. The largest absolute Gasteiger partial charge is 0.506 e. The van der Waals surface area contributed by atoms with Gasteiger partial charge in [-0.2, -0.15) is 0 Å². The molecule has 9 heteroatoms. The number of phenols is 1. The molecule has 1 spiro atoms. The number of sulfonamides is 1. The van der Waals surface area contributed by atoms with E-state index in [2.05, 4.69) is 5.32 Å². The topological polar surface area (TPSA) is 86.7 Å². The number of hydrogen-bond acceptors (Lipinski definition) is 4. The van der Waals surface area contributed by atoms with Gasteiger partial charge in [-0.3, -0.25) is 4.79 Å². The molecule has 0 aromatic heterocycles. The minimum absolute atomic E-state index is 0.00602. The number of rotatable bonds is 4. The van der Waals surface area contributed by atoms with E-state index in [1.807, 2.05) is 0 Å². The third-order valence-corrected chi connectivity index (χ3v) is 8.09. The summed E-state index contributed by atoms with van der Waals surface area (Å²) in [5.74, 6) is -0.716. The molecule has 4 rings (SSSR count). The molecule has 25 heavy (non-hydrogen) atoms. The molecule has 2 N–H and O–H groups in total. The van der Waals surface area contributed by atoms with Gasteiger partial charge in [-0.15, -0.1) is 0 Å². The van der Waals surface area contributed by atoms with Crippen LogP contribution in [0.5, 0.6) is 5.75 Å². The maximum Gasteiger partial charge on any atom is 0.255 e. The molecular weight excluding hydrogens is 387 g/mol. The average molecular weight is 405 g/mol. The van der Waals surface area contributed by atoms with Crippen molar-refractivity contribution in [3.63, 3.8) is 0 Å². The number of carbonyl (C=O) groups is 1. The maximum absolute atomic E-state index is 12.3. The summed E-state index contributed by atoms with van der Waals surface area (Å²) < 4.78 is 25.9. The number of nitrogens with one attached hydrogen (secondary N) is 1. The van der Waals surface area contributed by atoms with Crippen molar-refractivity contribution in [2.45, 2.75) is 37.0 Å². The van der Waals surface area contributed by atoms with E-state index in [1.165, 1.54) is 12.1 Å². The molecule has 0 atom stereocenters. The molecule has 0 unspecified atom stereocenters. The number of phenolic OH excluding ortho intramolecular Hbond substituents is 1. The average Bonchev–Trinajstić information content (AvgIpc) is 3.28. The number of nitrogens with zero attached hydrogens (tertiary/aromatic N) is 1. The van der Waals surface area contributed by atoms with Gasteiger partial charge in [0.2, 0.25) is 10.0 Å². The summed E-state index contributed by atoms with van der Waals surface area (Å²) >= 11 is 11.7. The van der Waals surface area contributed by atoms with Crippen molar-refractivity contribution in [2.75, 3.05) is 13.1 Å². The first kappa shape index (κ1) is 17.4. The van der Waals surface area contributed by atoms with Crippen LogP contribution in [0.2, 0.25) is 10.0 Å². The van der Waals surface area contributed by atoms with E-state index in [0.29, 0.717) is 13.1 Å². The lowest BCUT2D eigenvalue weighted by Gasteiger charge is -2.58. The van der Waals surface area contributed by atoms with Gasteiger partial charge >= 0.3 is 0 Å². The molecule has 6 nitrogen and oxygen atoms in total. The van der Waals surface area contributed by atoms with E-state index in [-0.39, 0.29) is 38.1 Å². The molecule has 136 valence electrons. The van der Waals surface area contributed by atoms with Crippen molar-refractivity contribution in [1.29, 1.82) is 0 Å². The highest BCUT2D eigenvalue weighted by Crippen LogP contribution is 2.51. The number of halogens is 2. The van der Waals surface area contributed by atoms with Gasteiger partial charge in [-0.05, 0) is 37.8 Å². The van der Waals surface area contributed by atoms with E-state index >= 15 is 0 Å². The van der Waals surface area contributed by atoms with Crippen LogP contribution in [0.1, 0.15) is 36.0 Å². The lowest BCUT2D eigenvalue weighted by Crippen LogP contribution is -2.67. The van der Waals surface area contributed by atoms with E-state index in [9.17, 15) is 18.3 Å². The summed E-state index contributed by atoms with van der Waals surface area (Å²) in [7, 11) is -3.09. The molecule has 3 fully saturated rings. The molecule has 1 aromatic carbocycles. The van der Waals surface area contributed by atoms with Crippen molar-refractivity contribution >= 4 is 39.1 Å². The smallest absolute Gasteiger partial charge is 0.255 e. The number of carbonyl (C=O) groups excluding carboxylic acids is 1. The van der Waals surface area contributed by atoms with Crippen LogP contribution in [0, 0.1) is 5.41 Å². The Balaban J connectivity index is 1.33. The lowest BCUT2D eigenvalue weighted by molar-refractivity contribution is -0.0318. The molecule has 1 heterocycles. The minimum Gasteiger partial charge on any atom is -0.506 e. The highest BCUT2D eigenvalue weighted by Gasteiger charge is 2.57. The summed E-state index contributed by atoms with van der Waals surface area (Å²) in [5.41, 5.74) is 0.0403. The molecule has 2 aliphatic carbocycles. The van der Waals surface area contributed by atoms with Crippen LogP contribution < -0.4 is 5.32 Å². The van der Waals surface area contributed by atoms with E-state index in [0.717, 1.165) is 25.7 Å². The lowest BCUT2D eigenvalue weighted by atomic mass is 9.61. The van der Waals surface area contributed by atoms with Crippen molar-refractivity contribution < 1.29 is 18.3 Å². The predicted octanol–water partition coefficient (Wildman–Crippen LogP) is 2.39. The highest BCUT2D eigenvalue weighted by atomic mass is 35.5. The van der Waals surface area contributed by atoms with E-state index in [4.69, 9.17) is 23.2 Å². The Kier molecular flexibility index (Phi) is 3.99. The maximum atomic E-state index is 12.3. The monoisotopic (exact) mass is 404 g/mol. The quantitative estimate of drug-likeness (QED) is 0.806. The Hall–Kier alpha value is -1.02. The summed E-state index contributed by atoms with van der Waals surface area (Å²) in [5, 5.41) is 12.9. The van der Waals surface area contributed by atoms with Gasteiger partial charge in [-0.25, -0.2) is 12.7 Å². The molecule has 2 saturated carbocycles. The number of hydrogen-bond donors (Lipinski definition) is 2. The summed E-state index contributed by atoms with van der Waals surface area (Å²) in [4.78, 5) is 12.3. The van der Waals surface area contributed by atoms with Gasteiger partial charge in [0.15, 0.2) is 0 Å². The minimum atomic E-state index is -3.09. The summed E-state index contributed by atoms with van der Waals surface area (Å²) in [6, 6.07) is 2.71. The summed E-state index contributed by atoms with van der Waals surface area (Å²) in [6.45, 7) is 1.10. The molecule has 1 aromatic rings. The normalized spacial score (nSPS) is 23.1. The van der Waals surface area contributed by atoms with Crippen LogP contribution in [0.25, 0.3) is 0 Å². The number of amides is 1. The Morgan fingerprint density at radius 2 is 1.88 bits per heavy atom. The first-order valence-corrected chi connectivity index (χ1v) is 10.4. The Labute approximate surface area is 156 Å². The fraction of sp³-hybridized carbons (Fsp3) is 0.562. The zero-order chi connectivity index (χ0) is 18.0. The molecule has 0 radical (unpaired) electrons. The first-order chi connectivity index (χ1) is 11.7. The van der Waals surface area contributed by atoms with Gasteiger partial charge in [0.05, 0.1) is 15.8 Å². The van der Waals surface area contributed by atoms with Gasteiger partial charge in [0, 0.05) is 29.6 Å². The van der Waals surface area contributed by atoms with Crippen molar-refractivity contribution in [1.82, 2.24) is 9.62 Å². The second-order valence-electron chi connectivity index (χ2n) is 7.37. The van der Waals surface area contributed by atoms with Crippen LogP contribution in [0.15, 0.2) is 12.1 Å². The predicted molar refractivity (Wildman–Crippen MR) is 94.6 cm³/mol. The van der Waals surface area contributed by atoms with E-state index < -0.39 is 15.9 Å². The van der Waals surface area contributed by atoms with E-state index in [1.54, 1.807) is 4.31 Å². The molecular formula is C16H18Cl2N2O4S. The molecule has 1 aliphatic heterocycles. The van der Waals surface area contributed by atoms with Crippen molar-refractivity contribution in [3.8, 4) is 5.75 Å². The van der Waals surface area contributed by atoms with Crippen LogP contribution in [-0.4, -0.2) is 48.1 Å². The SMILES string of the molecule is O=C(NC1CC2(C1)CN(S(=O)(=O)C1CC1)C2)c1cc(Cl)cc(Cl)c1O. The van der Waals surface area contributed by atoms with Crippen LogP contribution >= 0.6 is 23.2 Å². The zero-order valence-corrected chi connectivity index (χ0v) is 15.7. The van der Waals surface area contributed by atoms with Crippen molar-refractivity contribution in [2.24, 2.45) is 5.41 Å². The van der Waals surface area contributed by atoms with Gasteiger partial charge in [-0.1, -0.05) is 23.2 Å². The number of benzene rings is 1. The second kappa shape index (κ2) is 5.74. The summed E-state index contributed by atoms with van der Waals surface area (Å²) in [6.07, 6.45) is 3.03. The third kappa shape index (κ3) is 3.01. The standard InChI is InChI=1S/C16H18Cl2N2O4S/c17-9-3-12(14(21)13(18)4-9)15(22)19-10-5-16(6-10)7-20(8-16)25(23,24)11-1-2-11/h3-4,10-11,21H,1-2,5-8H2,(H,19,22). The van der Waals surface area contributed by atoms with Crippen LogP contribution in [0.4, 0.5) is 0 Å². The van der Waals surface area contributed by atoms with Crippen LogP contribution in [-0.2, 0) is 10.0 Å². The fourth-order valence-corrected chi connectivity index (χ4v) is 6.36. The molecule has 1 saturated heterocycles.